The second kappa shape index (κ2) is 4.44. The summed E-state index contributed by atoms with van der Waals surface area (Å²) >= 11 is 5.95. The first-order valence-corrected chi connectivity index (χ1v) is 5.81. The molecule has 0 saturated carbocycles. The molecule has 0 bridgehead atoms. The molecule has 4 heteroatoms. The van der Waals surface area contributed by atoms with E-state index in [1.165, 1.54) is 0 Å². The van der Waals surface area contributed by atoms with Crippen LogP contribution in [-0.2, 0) is 4.79 Å². The van der Waals surface area contributed by atoms with Crippen molar-refractivity contribution in [3.63, 3.8) is 0 Å². The molecule has 1 aromatic carbocycles. The Bertz CT molecular complexity index is 408. The number of halogens is 1. The third-order valence-corrected chi connectivity index (χ3v) is 3.24. The number of rotatable bonds is 2. The zero-order valence-electron chi connectivity index (χ0n) is 9.19. The second-order valence-electron chi connectivity index (χ2n) is 4.05. The monoisotopic (exact) mass is 238 g/mol. The molecule has 1 fully saturated rings. The number of hydrogen-bond acceptors (Lipinski definition) is 2. The summed E-state index contributed by atoms with van der Waals surface area (Å²) in [5.41, 5.74) is 7.03. The van der Waals surface area contributed by atoms with Gasteiger partial charge in [0.25, 0.3) is 0 Å². The smallest absolute Gasteiger partial charge is 0.224 e. The van der Waals surface area contributed by atoms with Crippen LogP contribution in [0.4, 0.5) is 0 Å². The Morgan fingerprint density at radius 2 is 2.31 bits per heavy atom. The Labute approximate surface area is 100 Å². The fraction of sp³-hybridized carbons (Fsp3) is 0.417. The van der Waals surface area contributed by atoms with Gasteiger partial charge in [0.2, 0.25) is 5.91 Å². The number of likely N-dealkylation sites (N-methyl/N-ethyl adjacent to an activating group) is 1. The molecule has 2 rings (SSSR count). The minimum atomic E-state index is -0.133. The van der Waals surface area contributed by atoms with Crippen molar-refractivity contribution in [1.82, 2.24) is 4.90 Å². The number of carbonyl (C=O) groups is 1. The van der Waals surface area contributed by atoms with E-state index in [1.807, 2.05) is 36.1 Å². The predicted molar refractivity (Wildman–Crippen MR) is 64.2 cm³/mol. The zero-order chi connectivity index (χ0) is 11.7. The molecular formula is C12H15ClN2O. The van der Waals surface area contributed by atoms with Gasteiger partial charge in [-0.2, -0.15) is 0 Å². The molecule has 0 aromatic heterocycles. The number of nitrogens with two attached hydrogens (primary N) is 1. The van der Waals surface area contributed by atoms with Gasteiger partial charge in [0.1, 0.15) is 0 Å². The molecular weight excluding hydrogens is 224 g/mol. The van der Waals surface area contributed by atoms with E-state index in [9.17, 15) is 4.79 Å². The van der Waals surface area contributed by atoms with E-state index in [0.717, 1.165) is 5.56 Å². The number of likely N-dealkylation sites (tertiary alicyclic amines) is 1. The minimum Gasteiger partial charge on any atom is -0.334 e. The van der Waals surface area contributed by atoms with Gasteiger partial charge in [0.05, 0.1) is 6.04 Å². The molecule has 2 atom stereocenters. The quantitative estimate of drug-likeness (QED) is 0.856. The fourth-order valence-corrected chi connectivity index (χ4v) is 2.51. The molecule has 1 amide bonds. The maximum absolute atomic E-state index is 11.7. The van der Waals surface area contributed by atoms with Crippen molar-refractivity contribution in [2.75, 3.05) is 6.54 Å². The lowest BCUT2D eigenvalue weighted by atomic mass is 10.0. The molecule has 0 spiro atoms. The zero-order valence-corrected chi connectivity index (χ0v) is 9.95. The van der Waals surface area contributed by atoms with Gasteiger partial charge in [-0.05, 0) is 24.6 Å². The van der Waals surface area contributed by atoms with Gasteiger partial charge in [-0.1, -0.05) is 23.7 Å². The predicted octanol–water partition coefficient (Wildman–Crippen LogP) is 1.96. The molecule has 1 aliphatic rings. The number of hydrogen-bond donors (Lipinski definition) is 1. The van der Waals surface area contributed by atoms with Crippen molar-refractivity contribution in [3.8, 4) is 0 Å². The van der Waals surface area contributed by atoms with Crippen LogP contribution in [0.1, 0.15) is 24.9 Å². The first-order chi connectivity index (χ1) is 7.63. The summed E-state index contributed by atoms with van der Waals surface area (Å²) in [6.45, 7) is 2.65. The Morgan fingerprint density at radius 3 is 2.94 bits per heavy atom. The van der Waals surface area contributed by atoms with E-state index in [1.54, 1.807) is 0 Å². The molecule has 1 heterocycles. The van der Waals surface area contributed by atoms with Gasteiger partial charge < -0.3 is 10.6 Å². The highest BCUT2D eigenvalue weighted by Gasteiger charge is 2.37. The molecule has 3 nitrogen and oxygen atoms in total. The van der Waals surface area contributed by atoms with Crippen LogP contribution in [0.25, 0.3) is 0 Å². The lowest BCUT2D eigenvalue weighted by Gasteiger charge is -2.26. The largest absolute Gasteiger partial charge is 0.334 e. The van der Waals surface area contributed by atoms with E-state index in [-0.39, 0.29) is 18.0 Å². The summed E-state index contributed by atoms with van der Waals surface area (Å²) in [5, 5.41) is 0.681. The van der Waals surface area contributed by atoms with Crippen molar-refractivity contribution < 1.29 is 4.79 Å². The Balaban J connectivity index is 2.35. The molecule has 2 N–H and O–H groups in total. The highest BCUT2D eigenvalue weighted by atomic mass is 35.5. The molecule has 86 valence electrons. The Kier molecular flexibility index (Phi) is 3.17. The van der Waals surface area contributed by atoms with Crippen LogP contribution < -0.4 is 5.73 Å². The molecule has 1 aromatic rings. The van der Waals surface area contributed by atoms with Crippen LogP contribution >= 0.6 is 11.6 Å². The molecule has 0 radical (unpaired) electrons. The summed E-state index contributed by atoms with van der Waals surface area (Å²) in [7, 11) is 0. The van der Waals surface area contributed by atoms with Crippen molar-refractivity contribution in [2.45, 2.75) is 25.4 Å². The standard InChI is InChI=1S/C12H15ClN2O/c1-2-15-11(16)7-10(14)12(15)8-4-3-5-9(13)6-8/h3-6,10,12H,2,7,14H2,1H3/t10-,12+/m0/s1. The Morgan fingerprint density at radius 1 is 1.56 bits per heavy atom. The number of nitrogens with zero attached hydrogens (tertiary/aromatic N) is 1. The number of amides is 1. The van der Waals surface area contributed by atoms with Gasteiger partial charge in [0, 0.05) is 24.0 Å². The SMILES string of the molecule is CCN1C(=O)C[C@H](N)[C@H]1c1cccc(Cl)c1. The first kappa shape index (κ1) is 11.4. The Hall–Kier alpha value is -1.06. The summed E-state index contributed by atoms with van der Waals surface area (Å²) in [4.78, 5) is 13.5. The normalized spacial score (nSPS) is 25.2. The van der Waals surface area contributed by atoms with Gasteiger partial charge >= 0.3 is 0 Å². The van der Waals surface area contributed by atoms with E-state index >= 15 is 0 Å². The molecule has 0 aliphatic carbocycles. The average molecular weight is 239 g/mol. The highest BCUT2D eigenvalue weighted by Crippen LogP contribution is 2.32. The second-order valence-corrected chi connectivity index (χ2v) is 4.48. The van der Waals surface area contributed by atoms with Crippen LogP contribution in [-0.4, -0.2) is 23.4 Å². The van der Waals surface area contributed by atoms with Gasteiger partial charge in [-0.25, -0.2) is 0 Å². The topological polar surface area (TPSA) is 46.3 Å². The maximum Gasteiger partial charge on any atom is 0.224 e. The molecule has 1 aliphatic heterocycles. The van der Waals surface area contributed by atoms with Crippen LogP contribution in [0.2, 0.25) is 5.02 Å². The minimum absolute atomic E-state index is 0.0313. The first-order valence-electron chi connectivity index (χ1n) is 5.44. The summed E-state index contributed by atoms with van der Waals surface area (Å²) in [6.07, 6.45) is 0.422. The third-order valence-electron chi connectivity index (χ3n) is 3.00. The van der Waals surface area contributed by atoms with Crippen LogP contribution in [0.15, 0.2) is 24.3 Å². The number of benzene rings is 1. The summed E-state index contributed by atoms with van der Waals surface area (Å²) in [6, 6.07) is 7.40. The van der Waals surface area contributed by atoms with Gasteiger partial charge in [0.15, 0.2) is 0 Å². The van der Waals surface area contributed by atoms with E-state index in [0.29, 0.717) is 18.0 Å². The van der Waals surface area contributed by atoms with Crippen molar-refractivity contribution in [1.29, 1.82) is 0 Å². The summed E-state index contributed by atoms with van der Waals surface area (Å²) < 4.78 is 0. The van der Waals surface area contributed by atoms with Crippen LogP contribution in [0.5, 0.6) is 0 Å². The van der Waals surface area contributed by atoms with Crippen molar-refractivity contribution >= 4 is 17.5 Å². The molecule has 0 unspecified atom stereocenters. The van der Waals surface area contributed by atoms with Crippen LogP contribution in [0.3, 0.4) is 0 Å². The van der Waals surface area contributed by atoms with E-state index < -0.39 is 0 Å². The summed E-state index contributed by atoms with van der Waals surface area (Å²) in [5.74, 6) is 0.125. The molecule has 1 saturated heterocycles. The third kappa shape index (κ3) is 1.93. The van der Waals surface area contributed by atoms with Crippen LogP contribution in [0, 0.1) is 0 Å². The maximum atomic E-state index is 11.7. The van der Waals surface area contributed by atoms with Gasteiger partial charge in [-0.3, -0.25) is 4.79 Å². The lowest BCUT2D eigenvalue weighted by molar-refractivity contribution is -0.128. The van der Waals surface area contributed by atoms with Crippen molar-refractivity contribution in [3.05, 3.63) is 34.9 Å². The van der Waals surface area contributed by atoms with Gasteiger partial charge in [-0.15, -0.1) is 0 Å². The fourth-order valence-electron chi connectivity index (χ4n) is 2.31. The molecule has 16 heavy (non-hydrogen) atoms. The van der Waals surface area contributed by atoms with Crippen molar-refractivity contribution in [2.24, 2.45) is 5.73 Å². The number of carbonyl (C=O) groups excluding carboxylic acids is 1. The lowest BCUT2D eigenvalue weighted by Crippen LogP contribution is -2.32. The highest BCUT2D eigenvalue weighted by molar-refractivity contribution is 6.30. The van der Waals surface area contributed by atoms with E-state index in [2.05, 4.69) is 0 Å². The van der Waals surface area contributed by atoms with E-state index in [4.69, 9.17) is 17.3 Å². The average Bonchev–Trinajstić information content (AvgIpc) is 2.52.